The first kappa shape index (κ1) is 40.0. The third-order valence-electron chi connectivity index (χ3n) is 8.65. The normalized spacial score (nSPS) is 10.5. The van der Waals surface area contributed by atoms with Crippen molar-refractivity contribution in [1.29, 1.82) is 0 Å². The highest BCUT2D eigenvalue weighted by atomic mass is 32.1. The van der Waals surface area contributed by atoms with E-state index in [1.165, 1.54) is 5.56 Å². The van der Waals surface area contributed by atoms with Crippen molar-refractivity contribution in [2.24, 2.45) is 0 Å². The Balaban J connectivity index is 0.000000163. The van der Waals surface area contributed by atoms with Crippen molar-refractivity contribution in [3.05, 3.63) is 201 Å². The molecule has 0 aliphatic carbocycles. The average Bonchev–Trinajstić information content (AvgIpc) is 3.24. The standard InChI is InChI=1S/C19H20O4.C16H14OS.C13H10O/c1-2-3-13-22-18(20)16-11-7-8-12-17(16)19(21)23-14-15-9-5-4-6-10-15;1-10(2)11-7-8-15-13(9-11)16(17)12-5-3-4-6-14(12)18-15;14-13(11-7-3-1-4-8-11)12-9-5-2-6-10-12/h4-12H,2-3,13-14H2,1H3;3-10H,1-2H3;1-10H. The molecule has 0 amide bonds. The zero-order valence-corrected chi connectivity index (χ0v) is 32.1. The fourth-order valence-corrected chi connectivity index (χ4v) is 6.60. The summed E-state index contributed by atoms with van der Waals surface area (Å²) in [6.45, 7) is 6.83. The van der Waals surface area contributed by atoms with Gasteiger partial charge in [-0.05, 0) is 59.9 Å². The first-order chi connectivity index (χ1) is 26.8. The van der Waals surface area contributed by atoms with Crippen molar-refractivity contribution in [1.82, 2.24) is 0 Å². The van der Waals surface area contributed by atoms with E-state index in [1.54, 1.807) is 35.6 Å². The summed E-state index contributed by atoms with van der Waals surface area (Å²) in [5, 5.41) is 1.68. The third-order valence-corrected chi connectivity index (χ3v) is 9.80. The van der Waals surface area contributed by atoms with E-state index in [0.717, 1.165) is 49.7 Å². The van der Waals surface area contributed by atoms with Crippen molar-refractivity contribution in [3.8, 4) is 0 Å². The Hall–Kier alpha value is -6.18. The Kier molecular flexibility index (Phi) is 14.8. The number of ether oxygens (including phenoxy) is 2. The van der Waals surface area contributed by atoms with E-state index in [2.05, 4.69) is 26.0 Å². The molecule has 0 fully saturated rings. The summed E-state index contributed by atoms with van der Waals surface area (Å²) >= 11 is 1.69. The lowest BCUT2D eigenvalue weighted by Crippen LogP contribution is -2.14. The molecule has 0 spiro atoms. The maximum absolute atomic E-state index is 12.5. The molecular formula is C48H44O6S. The fourth-order valence-electron chi connectivity index (χ4n) is 5.55. The summed E-state index contributed by atoms with van der Waals surface area (Å²) in [6.07, 6.45) is 1.74. The predicted octanol–water partition coefficient (Wildman–Crippen LogP) is 11.5. The first-order valence-electron chi connectivity index (χ1n) is 18.3. The van der Waals surface area contributed by atoms with Crippen molar-refractivity contribution < 1.29 is 23.9 Å². The number of ketones is 1. The van der Waals surface area contributed by atoms with E-state index in [0.29, 0.717) is 12.5 Å². The van der Waals surface area contributed by atoms with Crippen LogP contribution in [0.25, 0.3) is 20.2 Å². The number of benzene rings is 6. The summed E-state index contributed by atoms with van der Waals surface area (Å²) in [5.41, 5.74) is 4.21. The lowest BCUT2D eigenvalue weighted by atomic mass is 10.0. The van der Waals surface area contributed by atoms with Crippen molar-refractivity contribution >= 4 is 49.2 Å². The van der Waals surface area contributed by atoms with Gasteiger partial charge in [0.05, 0.1) is 17.7 Å². The van der Waals surface area contributed by atoms with Crippen LogP contribution in [0.1, 0.15) is 87.3 Å². The van der Waals surface area contributed by atoms with Gasteiger partial charge < -0.3 is 9.47 Å². The highest BCUT2D eigenvalue weighted by Crippen LogP contribution is 2.27. The summed E-state index contributed by atoms with van der Waals surface area (Å²) in [4.78, 5) is 48.6. The van der Waals surface area contributed by atoms with E-state index in [1.807, 2.05) is 128 Å². The third kappa shape index (κ3) is 11.2. The average molecular weight is 749 g/mol. The van der Waals surface area contributed by atoms with Gasteiger partial charge in [-0.25, -0.2) is 9.59 Å². The van der Waals surface area contributed by atoms with Crippen LogP contribution in [0.5, 0.6) is 0 Å². The number of carbonyl (C=O) groups excluding carboxylic acids is 3. The second-order valence-electron chi connectivity index (χ2n) is 13.0. The minimum Gasteiger partial charge on any atom is -0.462 e. The number of hydrogen-bond donors (Lipinski definition) is 0. The summed E-state index contributed by atoms with van der Waals surface area (Å²) in [6, 6.07) is 48.6. The van der Waals surface area contributed by atoms with Gasteiger partial charge in [0.25, 0.3) is 0 Å². The SMILES string of the molecule is CC(C)c1ccc2sc3ccccc3c(=O)c2c1.CCCCOC(=O)c1ccccc1C(=O)OCc1ccccc1.O=C(c1ccccc1)c1ccccc1. The van der Waals surface area contributed by atoms with Gasteiger partial charge >= 0.3 is 11.9 Å². The number of unbranched alkanes of at least 4 members (excludes halogenated alkanes) is 1. The zero-order chi connectivity index (χ0) is 39.0. The Bertz CT molecular complexity index is 2340. The Labute approximate surface area is 326 Å². The van der Waals surface area contributed by atoms with Gasteiger partial charge in [-0.2, -0.15) is 0 Å². The van der Waals surface area contributed by atoms with Crippen LogP contribution in [0.2, 0.25) is 0 Å². The molecule has 0 atom stereocenters. The lowest BCUT2D eigenvalue weighted by Gasteiger charge is -2.09. The molecule has 0 bridgehead atoms. The minimum absolute atomic E-state index is 0.0752. The molecular weight excluding hydrogens is 705 g/mol. The van der Waals surface area contributed by atoms with Crippen LogP contribution in [0, 0.1) is 0 Å². The van der Waals surface area contributed by atoms with Gasteiger partial charge in [-0.1, -0.05) is 149 Å². The smallest absolute Gasteiger partial charge is 0.339 e. The van der Waals surface area contributed by atoms with Crippen LogP contribution in [-0.2, 0) is 16.1 Å². The number of fused-ring (bicyclic) bond motifs is 2. The number of carbonyl (C=O) groups is 3. The molecule has 55 heavy (non-hydrogen) atoms. The van der Waals surface area contributed by atoms with Crippen molar-refractivity contribution in [2.75, 3.05) is 6.61 Å². The molecule has 0 aliphatic heterocycles. The van der Waals surface area contributed by atoms with Crippen molar-refractivity contribution in [2.45, 2.75) is 46.1 Å². The summed E-state index contributed by atoms with van der Waals surface area (Å²) in [5.74, 6) is -0.501. The molecule has 0 aliphatic rings. The molecule has 7 heteroatoms. The van der Waals surface area contributed by atoms with Gasteiger partial charge in [0.2, 0.25) is 0 Å². The molecule has 7 rings (SSSR count). The van der Waals surface area contributed by atoms with Gasteiger partial charge in [-0.3, -0.25) is 9.59 Å². The Morgan fingerprint density at radius 2 is 1.09 bits per heavy atom. The second-order valence-corrected chi connectivity index (χ2v) is 14.1. The highest BCUT2D eigenvalue weighted by Gasteiger charge is 2.19. The van der Waals surface area contributed by atoms with Gasteiger partial charge in [0.15, 0.2) is 11.2 Å². The molecule has 0 saturated carbocycles. The maximum Gasteiger partial charge on any atom is 0.339 e. The van der Waals surface area contributed by atoms with E-state index in [-0.39, 0.29) is 28.9 Å². The molecule has 6 nitrogen and oxygen atoms in total. The number of esters is 2. The fraction of sp³-hybridized carbons (Fsp3) is 0.167. The monoisotopic (exact) mass is 748 g/mol. The topological polar surface area (TPSA) is 86.7 Å². The molecule has 0 radical (unpaired) electrons. The van der Waals surface area contributed by atoms with E-state index in [9.17, 15) is 19.2 Å². The molecule has 1 heterocycles. The Morgan fingerprint density at radius 3 is 1.67 bits per heavy atom. The van der Waals surface area contributed by atoms with Crippen LogP contribution in [0.3, 0.4) is 0 Å². The largest absolute Gasteiger partial charge is 0.462 e. The molecule has 0 N–H and O–H groups in total. The Morgan fingerprint density at radius 1 is 0.582 bits per heavy atom. The van der Waals surface area contributed by atoms with Crippen LogP contribution < -0.4 is 5.43 Å². The van der Waals surface area contributed by atoms with E-state index < -0.39 is 11.9 Å². The first-order valence-corrected chi connectivity index (χ1v) is 19.2. The van der Waals surface area contributed by atoms with Crippen molar-refractivity contribution in [3.63, 3.8) is 0 Å². The molecule has 6 aromatic carbocycles. The quantitative estimate of drug-likeness (QED) is 0.0599. The second kappa shape index (κ2) is 20.3. The van der Waals surface area contributed by atoms with Gasteiger partial charge in [0, 0.05) is 31.3 Å². The molecule has 0 saturated heterocycles. The zero-order valence-electron chi connectivity index (χ0n) is 31.3. The highest BCUT2D eigenvalue weighted by molar-refractivity contribution is 7.24. The van der Waals surface area contributed by atoms with Crippen LogP contribution in [0.4, 0.5) is 0 Å². The van der Waals surface area contributed by atoms with Gasteiger partial charge in [-0.15, -0.1) is 11.3 Å². The predicted molar refractivity (Wildman–Crippen MR) is 223 cm³/mol. The van der Waals surface area contributed by atoms with Gasteiger partial charge in [0.1, 0.15) is 6.61 Å². The van der Waals surface area contributed by atoms with Crippen LogP contribution in [-0.4, -0.2) is 24.3 Å². The summed E-state index contributed by atoms with van der Waals surface area (Å²) in [7, 11) is 0. The molecule has 278 valence electrons. The number of hydrogen-bond acceptors (Lipinski definition) is 7. The summed E-state index contributed by atoms with van der Waals surface area (Å²) < 4.78 is 12.6. The van der Waals surface area contributed by atoms with Crippen LogP contribution >= 0.6 is 11.3 Å². The molecule has 1 aromatic heterocycles. The lowest BCUT2D eigenvalue weighted by molar-refractivity contribution is 0.0437. The minimum atomic E-state index is -0.531. The number of rotatable bonds is 10. The molecule has 7 aromatic rings. The van der Waals surface area contributed by atoms with E-state index in [4.69, 9.17) is 9.47 Å². The molecule has 0 unspecified atom stereocenters. The van der Waals surface area contributed by atoms with Crippen LogP contribution in [0.15, 0.2) is 163 Å². The maximum atomic E-state index is 12.5. The van der Waals surface area contributed by atoms with E-state index >= 15 is 0 Å².